The highest BCUT2D eigenvalue weighted by molar-refractivity contribution is 6.02. The number of aryl methyl sites for hydroxylation is 1. The fourth-order valence-electron chi connectivity index (χ4n) is 2.91. The zero-order valence-electron chi connectivity index (χ0n) is 12.3. The normalized spacial score (nSPS) is 17.0. The highest BCUT2D eigenvalue weighted by Crippen LogP contribution is 2.35. The van der Waals surface area contributed by atoms with Crippen molar-refractivity contribution in [2.24, 2.45) is 0 Å². The number of methoxy groups -OCH3 is 1. The van der Waals surface area contributed by atoms with Crippen LogP contribution in [0.2, 0.25) is 0 Å². The fraction of sp³-hybridized carbons (Fsp3) is 0.375. The Bertz CT molecular complexity index is 642. The Morgan fingerprint density at radius 3 is 3.05 bits per heavy atom. The number of nitrogens with zero attached hydrogens (tertiary/aromatic N) is 2. The third-order valence-corrected chi connectivity index (χ3v) is 3.96. The van der Waals surface area contributed by atoms with Gasteiger partial charge in [0, 0.05) is 18.8 Å². The molecule has 0 aliphatic carbocycles. The Morgan fingerprint density at radius 2 is 2.29 bits per heavy atom. The van der Waals surface area contributed by atoms with Gasteiger partial charge >= 0.3 is 0 Å². The van der Waals surface area contributed by atoms with Crippen LogP contribution in [0.5, 0.6) is 5.75 Å². The van der Waals surface area contributed by atoms with Crippen LogP contribution in [-0.4, -0.2) is 29.2 Å². The molecule has 0 radical (unpaired) electrons. The summed E-state index contributed by atoms with van der Waals surface area (Å²) in [7, 11) is 1.57. The van der Waals surface area contributed by atoms with Crippen molar-refractivity contribution in [3.8, 4) is 5.75 Å². The van der Waals surface area contributed by atoms with E-state index < -0.39 is 0 Å². The standard InChI is InChI=1S/C16H19N3O2/c1-3-19-15(14(21-2)10-18-19)16(20)12-8-9-17-13-7-5-4-6-11(12)13/h4-7,10,12,17H,3,8-9H2,1-2H3. The van der Waals surface area contributed by atoms with Gasteiger partial charge in [0.05, 0.1) is 19.2 Å². The minimum Gasteiger partial charge on any atom is -0.493 e. The Morgan fingerprint density at radius 1 is 1.48 bits per heavy atom. The molecular formula is C16H19N3O2. The molecule has 3 rings (SSSR count). The number of para-hydroxylation sites is 1. The molecule has 0 bridgehead atoms. The lowest BCUT2D eigenvalue weighted by Gasteiger charge is -2.26. The molecule has 0 amide bonds. The van der Waals surface area contributed by atoms with Gasteiger partial charge in [-0.3, -0.25) is 9.48 Å². The van der Waals surface area contributed by atoms with E-state index in [-0.39, 0.29) is 11.7 Å². The minimum absolute atomic E-state index is 0.0835. The first-order chi connectivity index (χ1) is 10.3. The number of nitrogens with one attached hydrogen (secondary N) is 1. The number of ether oxygens (including phenoxy) is 1. The first-order valence-electron chi connectivity index (χ1n) is 7.23. The summed E-state index contributed by atoms with van der Waals surface area (Å²) >= 11 is 0. The quantitative estimate of drug-likeness (QED) is 0.878. The molecule has 0 fully saturated rings. The van der Waals surface area contributed by atoms with Crippen LogP contribution in [0.25, 0.3) is 0 Å². The Balaban J connectivity index is 2.02. The molecule has 1 aliphatic rings. The topological polar surface area (TPSA) is 56.2 Å². The van der Waals surface area contributed by atoms with E-state index >= 15 is 0 Å². The molecule has 2 heterocycles. The fourth-order valence-corrected chi connectivity index (χ4v) is 2.91. The zero-order chi connectivity index (χ0) is 14.8. The number of hydrogen-bond acceptors (Lipinski definition) is 4. The Hall–Kier alpha value is -2.30. The average Bonchev–Trinajstić information content (AvgIpc) is 2.96. The highest BCUT2D eigenvalue weighted by atomic mass is 16.5. The van der Waals surface area contributed by atoms with Gasteiger partial charge in [-0.2, -0.15) is 5.10 Å². The molecule has 0 saturated heterocycles. The third kappa shape index (κ3) is 2.28. The summed E-state index contributed by atoms with van der Waals surface area (Å²) in [5.74, 6) is 0.497. The van der Waals surface area contributed by atoms with Gasteiger partial charge in [-0.15, -0.1) is 0 Å². The van der Waals surface area contributed by atoms with E-state index in [9.17, 15) is 4.79 Å². The summed E-state index contributed by atoms with van der Waals surface area (Å²) < 4.78 is 7.02. The number of fused-ring (bicyclic) bond motifs is 1. The van der Waals surface area contributed by atoms with Gasteiger partial charge in [-0.05, 0) is 25.0 Å². The third-order valence-electron chi connectivity index (χ3n) is 3.96. The first-order valence-corrected chi connectivity index (χ1v) is 7.23. The van der Waals surface area contributed by atoms with Gasteiger partial charge in [-0.1, -0.05) is 18.2 Å². The van der Waals surface area contributed by atoms with E-state index in [2.05, 4.69) is 10.4 Å². The predicted molar refractivity (Wildman–Crippen MR) is 81.1 cm³/mol. The molecule has 1 aromatic heterocycles. The Labute approximate surface area is 123 Å². The molecule has 110 valence electrons. The first kappa shape index (κ1) is 13.7. The van der Waals surface area contributed by atoms with Crippen molar-refractivity contribution in [2.75, 3.05) is 19.0 Å². The summed E-state index contributed by atoms with van der Waals surface area (Å²) in [5, 5.41) is 7.58. The van der Waals surface area contributed by atoms with Crippen LogP contribution in [0, 0.1) is 0 Å². The minimum atomic E-state index is -0.140. The number of aromatic nitrogens is 2. The van der Waals surface area contributed by atoms with Crippen LogP contribution in [-0.2, 0) is 6.54 Å². The van der Waals surface area contributed by atoms with Crippen molar-refractivity contribution in [2.45, 2.75) is 25.8 Å². The number of benzene rings is 1. The molecular weight excluding hydrogens is 266 g/mol. The van der Waals surface area contributed by atoms with E-state index in [1.165, 1.54) is 0 Å². The molecule has 0 saturated carbocycles. The van der Waals surface area contributed by atoms with Crippen LogP contribution in [0.15, 0.2) is 30.5 Å². The molecule has 5 heteroatoms. The van der Waals surface area contributed by atoms with Gasteiger partial charge in [0.15, 0.2) is 11.5 Å². The number of anilines is 1. The lowest BCUT2D eigenvalue weighted by Crippen LogP contribution is -2.25. The van der Waals surface area contributed by atoms with E-state index in [1.54, 1.807) is 18.0 Å². The maximum Gasteiger partial charge on any atom is 0.192 e. The maximum absolute atomic E-state index is 13.0. The SMILES string of the molecule is CCn1ncc(OC)c1C(=O)C1CCNc2ccccc21. The maximum atomic E-state index is 13.0. The van der Waals surface area contributed by atoms with Crippen molar-refractivity contribution in [3.05, 3.63) is 41.7 Å². The van der Waals surface area contributed by atoms with Crippen LogP contribution < -0.4 is 10.1 Å². The van der Waals surface area contributed by atoms with E-state index in [0.29, 0.717) is 18.0 Å². The monoisotopic (exact) mass is 285 g/mol. The molecule has 1 N–H and O–H groups in total. The van der Waals surface area contributed by atoms with Crippen molar-refractivity contribution < 1.29 is 9.53 Å². The van der Waals surface area contributed by atoms with E-state index in [0.717, 1.165) is 24.2 Å². The second kappa shape index (κ2) is 5.60. The summed E-state index contributed by atoms with van der Waals surface area (Å²) in [4.78, 5) is 13.0. The molecule has 21 heavy (non-hydrogen) atoms. The zero-order valence-corrected chi connectivity index (χ0v) is 12.3. The van der Waals surface area contributed by atoms with Crippen LogP contribution >= 0.6 is 0 Å². The largest absolute Gasteiger partial charge is 0.493 e. The average molecular weight is 285 g/mol. The molecule has 0 spiro atoms. The van der Waals surface area contributed by atoms with Gasteiger partial charge in [-0.25, -0.2) is 0 Å². The second-order valence-electron chi connectivity index (χ2n) is 5.10. The number of ketones is 1. The smallest absolute Gasteiger partial charge is 0.192 e. The number of carbonyl (C=O) groups is 1. The van der Waals surface area contributed by atoms with Crippen molar-refractivity contribution in [3.63, 3.8) is 0 Å². The lowest BCUT2D eigenvalue weighted by molar-refractivity contribution is 0.0941. The van der Waals surface area contributed by atoms with Gasteiger partial charge in [0.25, 0.3) is 0 Å². The molecule has 1 aliphatic heterocycles. The summed E-state index contributed by atoms with van der Waals surface area (Å²) in [6.07, 6.45) is 2.40. The van der Waals surface area contributed by atoms with Crippen LogP contribution in [0.1, 0.15) is 35.3 Å². The highest BCUT2D eigenvalue weighted by Gasteiger charge is 2.31. The van der Waals surface area contributed by atoms with Gasteiger partial charge in [0.2, 0.25) is 0 Å². The van der Waals surface area contributed by atoms with E-state index in [4.69, 9.17) is 4.74 Å². The molecule has 1 aromatic carbocycles. The summed E-state index contributed by atoms with van der Waals surface area (Å²) in [5.41, 5.74) is 2.67. The van der Waals surface area contributed by atoms with Crippen molar-refractivity contribution in [1.29, 1.82) is 0 Å². The van der Waals surface area contributed by atoms with Gasteiger partial charge in [0.1, 0.15) is 5.69 Å². The molecule has 2 aromatic rings. The number of carbonyl (C=O) groups excluding carboxylic acids is 1. The molecule has 1 atom stereocenters. The summed E-state index contributed by atoms with van der Waals surface area (Å²) in [6.45, 7) is 3.42. The molecule has 1 unspecified atom stereocenters. The number of hydrogen-bond donors (Lipinski definition) is 1. The number of rotatable bonds is 4. The lowest BCUT2D eigenvalue weighted by atomic mass is 9.86. The summed E-state index contributed by atoms with van der Waals surface area (Å²) in [6, 6.07) is 7.99. The predicted octanol–water partition coefficient (Wildman–Crippen LogP) is 2.69. The van der Waals surface area contributed by atoms with Crippen molar-refractivity contribution in [1.82, 2.24) is 9.78 Å². The van der Waals surface area contributed by atoms with Crippen molar-refractivity contribution >= 4 is 11.5 Å². The van der Waals surface area contributed by atoms with Gasteiger partial charge < -0.3 is 10.1 Å². The Kier molecular flexibility index (Phi) is 3.64. The number of Topliss-reactive ketones (excluding diaryl/α,β-unsaturated/α-hetero) is 1. The van der Waals surface area contributed by atoms with Crippen LogP contribution in [0.3, 0.4) is 0 Å². The van der Waals surface area contributed by atoms with Crippen LogP contribution in [0.4, 0.5) is 5.69 Å². The van der Waals surface area contributed by atoms with E-state index in [1.807, 2.05) is 31.2 Å². The second-order valence-corrected chi connectivity index (χ2v) is 5.10. The molecule has 5 nitrogen and oxygen atoms in total.